The van der Waals surface area contributed by atoms with Crippen molar-refractivity contribution < 1.29 is 4.74 Å². The third-order valence-electron chi connectivity index (χ3n) is 2.83. The van der Waals surface area contributed by atoms with Gasteiger partial charge in [0, 0.05) is 18.3 Å². The van der Waals surface area contributed by atoms with Gasteiger partial charge in [-0.05, 0) is 38.3 Å². The van der Waals surface area contributed by atoms with Crippen molar-refractivity contribution in [3.63, 3.8) is 0 Å². The Morgan fingerprint density at radius 3 is 2.87 bits per heavy atom. The van der Waals surface area contributed by atoms with Crippen LogP contribution < -0.4 is 5.32 Å². The van der Waals surface area contributed by atoms with E-state index in [1.165, 1.54) is 18.5 Å². The zero-order valence-electron chi connectivity index (χ0n) is 9.28. The summed E-state index contributed by atoms with van der Waals surface area (Å²) in [5, 5.41) is 3.49. The molecule has 2 nitrogen and oxygen atoms in total. The van der Waals surface area contributed by atoms with E-state index in [0.717, 1.165) is 13.0 Å². The van der Waals surface area contributed by atoms with Gasteiger partial charge in [0.25, 0.3) is 0 Å². The van der Waals surface area contributed by atoms with Crippen molar-refractivity contribution in [1.29, 1.82) is 0 Å². The van der Waals surface area contributed by atoms with E-state index in [9.17, 15) is 0 Å². The van der Waals surface area contributed by atoms with Crippen LogP contribution in [0.5, 0.6) is 0 Å². The Labute approximate surface area is 91.6 Å². The number of para-hydroxylation sites is 1. The molecule has 0 spiro atoms. The summed E-state index contributed by atoms with van der Waals surface area (Å²) in [7, 11) is 0. The van der Waals surface area contributed by atoms with Crippen molar-refractivity contribution in [3.05, 3.63) is 30.3 Å². The van der Waals surface area contributed by atoms with Gasteiger partial charge in [-0.2, -0.15) is 0 Å². The van der Waals surface area contributed by atoms with Crippen LogP contribution in [0.2, 0.25) is 0 Å². The zero-order chi connectivity index (χ0) is 10.5. The first-order valence-electron chi connectivity index (χ1n) is 5.78. The first kappa shape index (κ1) is 10.5. The molecular formula is C13H19NO. The summed E-state index contributed by atoms with van der Waals surface area (Å²) in [5.41, 5.74) is 1.20. The molecule has 1 heterocycles. The summed E-state index contributed by atoms with van der Waals surface area (Å²) in [6.07, 6.45) is 4.02. The lowest BCUT2D eigenvalue weighted by Crippen LogP contribution is -2.21. The van der Waals surface area contributed by atoms with Gasteiger partial charge in [0.05, 0.1) is 6.10 Å². The monoisotopic (exact) mass is 205 g/mol. The minimum Gasteiger partial charge on any atom is -0.382 e. The SMILES string of the molecule is CC(CC1CCCO1)Nc1ccccc1. The van der Waals surface area contributed by atoms with Crippen molar-refractivity contribution in [2.75, 3.05) is 11.9 Å². The van der Waals surface area contributed by atoms with Crippen molar-refractivity contribution in [2.45, 2.75) is 38.3 Å². The highest BCUT2D eigenvalue weighted by molar-refractivity contribution is 5.43. The molecule has 82 valence electrons. The molecule has 0 amide bonds. The number of hydrogen-bond acceptors (Lipinski definition) is 2. The van der Waals surface area contributed by atoms with Crippen LogP contribution in [0.4, 0.5) is 5.69 Å². The second kappa shape index (κ2) is 5.17. The minimum atomic E-state index is 0.469. The number of anilines is 1. The quantitative estimate of drug-likeness (QED) is 0.815. The minimum absolute atomic E-state index is 0.469. The van der Waals surface area contributed by atoms with Gasteiger partial charge < -0.3 is 10.1 Å². The fourth-order valence-corrected chi connectivity index (χ4v) is 2.10. The first-order chi connectivity index (χ1) is 7.34. The molecule has 15 heavy (non-hydrogen) atoms. The number of benzene rings is 1. The average molecular weight is 205 g/mol. The number of ether oxygens (including phenoxy) is 1. The Kier molecular flexibility index (Phi) is 3.62. The summed E-state index contributed by atoms with van der Waals surface area (Å²) < 4.78 is 5.62. The number of hydrogen-bond donors (Lipinski definition) is 1. The molecule has 0 aromatic heterocycles. The Morgan fingerprint density at radius 2 is 2.20 bits per heavy atom. The highest BCUT2D eigenvalue weighted by Gasteiger charge is 2.18. The Balaban J connectivity index is 1.79. The molecule has 1 saturated heterocycles. The van der Waals surface area contributed by atoms with Crippen LogP contribution in [0.15, 0.2) is 30.3 Å². The van der Waals surface area contributed by atoms with Crippen molar-refractivity contribution in [2.24, 2.45) is 0 Å². The van der Waals surface area contributed by atoms with Crippen LogP contribution in [0.25, 0.3) is 0 Å². The third-order valence-corrected chi connectivity index (χ3v) is 2.83. The third kappa shape index (κ3) is 3.24. The summed E-state index contributed by atoms with van der Waals surface area (Å²) >= 11 is 0. The molecular weight excluding hydrogens is 186 g/mol. The molecule has 2 atom stereocenters. The molecule has 0 radical (unpaired) electrons. The summed E-state index contributed by atoms with van der Waals surface area (Å²) in [4.78, 5) is 0. The fraction of sp³-hybridized carbons (Fsp3) is 0.538. The van der Waals surface area contributed by atoms with E-state index in [2.05, 4.69) is 36.5 Å². The van der Waals surface area contributed by atoms with Gasteiger partial charge in [-0.25, -0.2) is 0 Å². The van der Waals surface area contributed by atoms with Crippen LogP contribution in [0.1, 0.15) is 26.2 Å². The van der Waals surface area contributed by atoms with E-state index in [4.69, 9.17) is 4.74 Å². The van der Waals surface area contributed by atoms with Crippen LogP contribution in [-0.4, -0.2) is 18.8 Å². The standard InChI is InChI=1S/C13H19NO/c1-11(10-13-8-5-9-15-13)14-12-6-3-2-4-7-12/h2-4,6-7,11,13-14H,5,8-10H2,1H3. The van der Waals surface area contributed by atoms with Gasteiger partial charge in [-0.15, -0.1) is 0 Å². The van der Waals surface area contributed by atoms with E-state index in [0.29, 0.717) is 12.1 Å². The molecule has 1 aromatic rings. The lowest BCUT2D eigenvalue weighted by molar-refractivity contribution is 0.101. The summed E-state index contributed by atoms with van der Waals surface area (Å²) in [5.74, 6) is 0. The van der Waals surface area contributed by atoms with Gasteiger partial charge >= 0.3 is 0 Å². The average Bonchev–Trinajstić information content (AvgIpc) is 2.71. The maximum absolute atomic E-state index is 5.62. The van der Waals surface area contributed by atoms with Gasteiger partial charge in [0.2, 0.25) is 0 Å². The Morgan fingerprint density at radius 1 is 1.40 bits per heavy atom. The maximum Gasteiger partial charge on any atom is 0.0595 e. The Hall–Kier alpha value is -1.02. The van der Waals surface area contributed by atoms with Crippen LogP contribution in [-0.2, 0) is 4.74 Å². The molecule has 0 bridgehead atoms. The van der Waals surface area contributed by atoms with Crippen molar-refractivity contribution >= 4 is 5.69 Å². The van der Waals surface area contributed by atoms with E-state index >= 15 is 0 Å². The molecule has 1 fully saturated rings. The normalized spacial score (nSPS) is 22.6. The lowest BCUT2D eigenvalue weighted by atomic mass is 10.1. The maximum atomic E-state index is 5.62. The van der Waals surface area contributed by atoms with Gasteiger partial charge in [0.15, 0.2) is 0 Å². The highest BCUT2D eigenvalue weighted by Crippen LogP contribution is 2.18. The largest absolute Gasteiger partial charge is 0.382 e. The molecule has 2 unspecified atom stereocenters. The highest BCUT2D eigenvalue weighted by atomic mass is 16.5. The number of nitrogens with one attached hydrogen (secondary N) is 1. The van der Waals surface area contributed by atoms with Gasteiger partial charge in [-0.3, -0.25) is 0 Å². The first-order valence-corrected chi connectivity index (χ1v) is 5.78. The second-order valence-electron chi connectivity index (χ2n) is 4.28. The predicted octanol–water partition coefficient (Wildman–Crippen LogP) is 3.06. The van der Waals surface area contributed by atoms with Crippen LogP contribution >= 0.6 is 0 Å². The zero-order valence-corrected chi connectivity index (χ0v) is 9.28. The van der Waals surface area contributed by atoms with Gasteiger partial charge in [0.1, 0.15) is 0 Å². The Bertz CT molecular complexity index is 280. The topological polar surface area (TPSA) is 21.3 Å². The molecule has 1 aromatic carbocycles. The van der Waals surface area contributed by atoms with Crippen molar-refractivity contribution in [1.82, 2.24) is 0 Å². The molecule has 2 heteroatoms. The fourth-order valence-electron chi connectivity index (χ4n) is 2.10. The van der Waals surface area contributed by atoms with E-state index in [1.54, 1.807) is 0 Å². The van der Waals surface area contributed by atoms with E-state index in [-0.39, 0.29) is 0 Å². The molecule has 1 aliphatic heterocycles. The molecule has 2 rings (SSSR count). The second-order valence-corrected chi connectivity index (χ2v) is 4.28. The predicted molar refractivity (Wildman–Crippen MR) is 63.1 cm³/mol. The summed E-state index contributed by atoms with van der Waals surface area (Å²) in [6.45, 7) is 3.16. The summed E-state index contributed by atoms with van der Waals surface area (Å²) in [6, 6.07) is 10.8. The lowest BCUT2D eigenvalue weighted by Gasteiger charge is -2.18. The molecule has 0 aliphatic carbocycles. The van der Waals surface area contributed by atoms with Crippen molar-refractivity contribution in [3.8, 4) is 0 Å². The molecule has 0 saturated carbocycles. The van der Waals surface area contributed by atoms with Gasteiger partial charge in [-0.1, -0.05) is 18.2 Å². The van der Waals surface area contributed by atoms with E-state index in [1.807, 2.05) is 6.07 Å². The van der Waals surface area contributed by atoms with Crippen LogP contribution in [0.3, 0.4) is 0 Å². The number of rotatable bonds is 4. The van der Waals surface area contributed by atoms with Crippen LogP contribution in [0, 0.1) is 0 Å². The molecule has 1 aliphatic rings. The smallest absolute Gasteiger partial charge is 0.0595 e. The molecule has 1 N–H and O–H groups in total. The van der Waals surface area contributed by atoms with E-state index < -0.39 is 0 Å².